The monoisotopic (exact) mass is 284 g/mol. The second-order valence-electron chi connectivity index (χ2n) is 3.71. The van der Waals surface area contributed by atoms with Crippen molar-refractivity contribution in [1.29, 1.82) is 5.26 Å². The van der Waals surface area contributed by atoms with E-state index in [1.165, 1.54) is 0 Å². The molecule has 0 amide bonds. The lowest BCUT2D eigenvalue weighted by atomic mass is 9.98. The summed E-state index contributed by atoms with van der Waals surface area (Å²) in [5.41, 5.74) is -1.90. The van der Waals surface area contributed by atoms with E-state index in [9.17, 15) is 23.7 Å². The van der Waals surface area contributed by atoms with Crippen LogP contribution in [0.5, 0.6) is 0 Å². The van der Waals surface area contributed by atoms with E-state index in [4.69, 9.17) is 5.26 Å². The van der Waals surface area contributed by atoms with E-state index in [2.05, 4.69) is 4.74 Å². The summed E-state index contributed by atoms with van der Waals surface area (Å²) in [6.45, 7) is 1.62. The number of halogens is 2. The Morgan fingerprint density at radius 3 is 2.65 bits per heavy atom. The number of hydrogen-bond donors (Lipinski definition) is 0. The Morgan fingerprint density at radius 2 is 2.20 bits per heavy atom. The Hall–Kier alpha value is -2.56. The van der Waals surface area contributed by atoms with Crippen LogP contribution in [0.3, 0.4) is 0 Å². The van der Waals surface area contributed by atoms with E-state index >= 15 is 0 Å². The molecule has 0 N–H and O–H groups in total. The molecule has 0 unspecified atom stereocenters. The second-order valence-corrected chi connectivity index (χ2v) is 3.71. The number of non-ortho nitro benzene ring substituents is 1. The summed E-state index contributed by atoms with van der Waals surface area (Å²) in [5.74, 6) is -0.778. The molecular formula is C12H10F2N2O4. The smallest absolute Gasteiger partial charge is 0.310 e. The van der Waals surface area contributed by atoms with E-state index in [1.54, 1.807) is 13.0 Å². The summed E-state index contributed by atoms with van der Waals surface area (Å²) >= 11 is 0. The highest BCUT2D eigenvalue weighted by Crippen LogP contribution is 2.30. The molecule has 20 heavy (non-hydrogen) atoms. The van der Waals surface area contributed by atoms with Crippen molar-refractivity contribution in [2.75, 3.05) is 6.61 Å². The molecule has 0 aliphatic heterocycles. The highest BCUT2D eigenvalue weighted by Gasteiger charge is 2.24. The Kier molecular flexibility index (Phi) is 5.08. The van der Waals surface area contributed by atoms with Gasteiger partial charge >= 0.3 is 5.97 Å². The van der Waals surface area contributed by atoms with Crippen molar-refractivity contribution in [1.82, 2.24) is 0 Å². The predicted octanol–water partition coefficient (Wildman–Crippen LogP) is 2.51. The van der Waals surface area contributed by atoms with Crippen LogP contribution in [0.25, 0.3) is 0 Å². The van der Waals surface area contributed by atoms with Gasteiger partial charge in [-0.1, -0.05) is 0 Å². The lowest BCUT2D eigenvalue weighted by Crippen LogP contribution is -2.11. The van der Waals surface area contributed by atoms with Gasteiger partial charge in [-0.2, -0.15) is 5.26 Å². The largest absolute Gasteiger partial charge is 0.466 e. The summed E-state index contributed by atoms with van der Waals surface area (Å²) in [6, 6.07) is 3.12. The zero-order valence-corrected chi connectivity index (χ0v) is 10.4. The van der Waals surface area contributed by atoms with Crippen LogP contribution >= 0.6 is 0 Å². The summed E-state index contributed by atoms with van der Waals surface area (Å²) in [6.07, 6.45) is -3.57. The van der Waals surface area contributed by atoms with Crippen molar-refractivity contribution in [2.45, 2.75) is 19.8 Å². The molecule has 6 nitrogen and oxygen atoms in total. The van der Waals surface area contributed by atoms with Crippen LogP contribution in [0.2, 0.25) is 0 Å². The number of nitriles is 1. The van der Waals surface area contributed by atoms with Gasteiger partial charge in [0.25, 0.3) is 12.1 Å². The fourth-order valence-corrected chi connectivity index (χ4v) is 1.63. The van der Waals surface area contributed by atoms with Crippen molar-refractivity contribution in [2.24, 2.45) is 0 Å². The molecule has 0 spiro atoms. The number of benzene rings is 1. The van der Waals surface area contributed by atoms with E-state index < -0.39 is 35.0 Å². The SMILES string of the molecule is CCOC(=O)Cc1c(C#N)cc([N+](=O)[O-])cc1C(F)F. The quantitative estimate of drug-likeness (QED) is 0.470. The van der Waals surface area contributed by atoms with E-state index in [0.29, 0.717) is 6.07 Å². The van der Waals surface area contributed by atoms with Crippen LogP contribution in [-0.2, 0) is 16.0 Å². The van der Waals surface area contributed by atoms with Gasteiger partial charge in [0.1, 0.15) is 0 Å². The Bertz CT molecular complexity index is 582. The summed E-state index contributed by atoms with van der Waals surface area (Å²) in [7, 11) is 0. The third kappa shape index (κ3) is 3.47. The molecule has 0 bridgehead atoms. The predicted molar refractivity (Wildman–Crippen MR) is 63.1 cm³/mol. The van der Waals surface area contributed by atoms with E-state index in [1.807, 2.05) is 0 Å². The number of rotatable bonds is 5. The van der Waals surface area contributed by atoms with Gasteiger partial charge in [0.2, 0.25) is 0 Å². The van der Waals surface area contributed by atoms with Crippen LogP contribution in [0.1, 0.15) is 30.0 Å². The van der Waals surface area contributed by atoms with Crippen molar-refractivity contribution in [3.05, 3.63) is 38.9 Å². The highest BCUT2D eigenvalue weighted by atomic mass is 19.3. The molecule has 1 aromatic rings. The molecule has 0 saturated carbocycles. The van der Waals surface area contributed by atoms with Crippen molar-refractivity contribution in [3.63, 3.8) is 0 Å². The van der Waals surface area contributed by atoms with Gasteiger partial charge in [-0.15, -0.1) is 0 Å². The topological polar surface area (TPSA) is 93.2 Å². The Balaban J connectivity index is 3.36. The van der Waals surface area contributed by atoms with Crippen molar-refractivity contribution in [3.8, 4) is 6.07 Å². The molecule has 0 heterocycles. The molecule has 0 atom stereocenters. The minimum Gasteiger partial charge on any atom is -0.466 e. The molecule has 0 aliphatic rings. The summed E-state index contributed by atoms with van der Waals surface area (Å²) in [5, 5.41) is 19.5. The third-order valence-electron chi connectivity index (χ3n) is 2.46. The van der Waals surface area contributed by atoms with Gasteiger partial charge in [-0.25, -0.2) is 8.78 Å². The first-order valence-corrected chi connectivity index (χ1v) is 5.55. The average Bonchev–Trinajstić information content (AvgIpc) is 2.38. The minimum atomic E-state index is -3.04. The van der Waals surface area contributed by atoms with Crippen LogP contribution in [0.15, 0.2) is 12.1 Å². The number of alkyl halides is 2. The second kappa shape index (κ2) is 6.56. The first kappa shape index (κ1) is 15.5. The van der Waals surface area contributed by atoms with Crippen LogP contribution in [-0.4, -0.2) is 17.5 Å². The number of nitrogens with zero attached hydrogens (tertiary/aromatic N) is 2. The average molecular weight is 284 g/mol. The highest BCUT2D eigenvalue weighted by molar-refractivity contribution is 5.74. The molecule has 0 aliphatic carbocycles. The molecular weight excluding hydrogens is 274 g/mol. The third-order valence-corrected chi connectivity index (χ3v) is 2.46. The Labute approximate surface area is 112 Å². The van der Waals surface area contributed by atoms with Gasteiger partial charge in [0.05, 0.1) is 29.6 Å². The first-order chi connectivity index (χ1) is 9.40. The zero-order chi connectivity index (χ0) is 15.3. The number of hydrogen-bond acceptors (Lipinski definition) is 5. The van der Waals surface area contributed by atoms with Crippen molar-refractivity contribution < 1.29 is 23.2 Å². The number of ether oxygens (including phenoxy) is 1. The summed E-state index contributed by atoms with van der Waals surface area (Å²) in [4.78, 5) is 21.1. The van der Waals surface area contributed by atoms with Crippen LogP contribution in [0, 0.1) is 21.4 Å². The molecule has 0 fully saturated rings. The van der Waals surface area contributed by atoms with Gasteiger partial charge in [-0.3, -0.25) is 14.9 Å². The van der Waals surface area contributed by atoms with Crippen LogP contribution < -0.4 is 0 Å². The number of nitro benzene ring substituents is 1. The maximum absolute atomic E-state index is 12.9. The standard InChI is InChI=1S/C12H10F2N2O4/c1-2-20-11(17)5-9-7(6-15)3-8(16(18)19)4-10(9)12(13)14/h3-4,12H,2,5H2,1H3. The van der Waals surface area contributed by atoms with Gasteiger partial charge in [0.15, 0.2) is 0 Å². The maximum atomic E-state index is 12.9. The Morgan fingerprint density at radius 1 is 1.55 bits per heavy atom. The van der Waals surface area contributed by atoms with E-state index in [-0.39, 0.29) is 17.7 Å². The lowest BCUT2D eigenvalue weighted by Gasteiger charge is -2.10. The molecule has 0 radical (unpaired) electrons. The van der Waals surface area contributed by atoms with Gasteiger partial charge in [0, 0.05) is 17.7 Å². The van der Waals surface area contributed by atoms with Gasteiger partial charge < -0.3 is 4.74 Å². The first-order valence-electron chi connectivity index (χ1n) is 5.55. The lowest BCUT2D eigenvalue weighted by molar-refractivity contribution is -0.385. The van der Waals surface area contributed by atoms with Crippen LogP contribution in [0.4, 0.5) is 14.5 Å². The molecule has 0 saturated heterocycles. The zero-order valence-electron chi connectivity index (χ0n) is 10.4. The molecule has 1 rings (SSSR count). The number of carbonyl (C=O) groups excluding carboxylic acids is 1. The number of carbonyl (C=O) groups is 1. The molecule has 8 heteroatoms. The van der Waals surface area contributed by atoms with Crippen molar-refractivity contribution >= 4 is 11.7 Å². The normalized spacial score (nSPS) is 10.2. The van der Waals surface area contributed by atoms with E-state index in [0.717, 1.165) is 6.07 Å². The fourth-order valence-electron chi connectivity index (χ4n) is 1.63. The maximum Gasteiger partial charge on any atom is 0.310 e. The molecule has 106 valence electrons. The fraction of sp³-hybridized carbons (Fsp3) is 0.333. The molecule has 0 aromatic heterocycles. The molecule has 1 aromatic carbocycles. The number of nitro groups is 1. The number of esters is 1. The summed E-state index contributed by atoms with van der Waals surface area (Å²) < 4.78 is 30.5. The van der Waals surface area contributed by atoms with Gasteiger partial charge in [-0.05, 0) is 12.5 Å². The minimum absolute atomic E-state index is 0.0672.